The van der Waals surface area contributed by atoms with Gasteiger partial charge in [-0.15, -0.1) is 0 Å². The van der Waals surface area contributed by atoms with Crippen molar-refractivity contribution in [1.82, 2.24) is 24.7 Å². The first-order valence-electron chi connectivity index (χ1n) is 12.3. The minimum atomic E-state index is -1.18. The SMILES string of the molecule is CC[C@@H]1C(=O)N(C)c2cnc(-c3sc(N)nc3-c3ccnn3COCC[Si](C)(C)C)nc2N1C(C)C. The van der Waals surface area contributed by atoms with Gasteiger partial charge in [0.25, 0.3) is 0 Å². The fourth-order valence-electron chi connectivity index (χ4n) is 4.32. The Morgan fingerprint density at radius 2 is 2.00 bits per heavy atom. The molecule has 0 aromatic carbocycles. The molecule has 0 bridgehead atoms. The lowest BCUT2D eigenvalue weighted by molar-refractivity contribution is -0.120. The van der Waals surface area contributed by atoms with E-state index in [0.717, 1.165) is 22.4 Å². The van der Waals surface area contributed by atoms with Crippen LogP contribution in [-0.2, 0) is 16.3 Å². The van der Waals surface area contributed by atoms with Crippen LogP contribution in [0.15, 0.2) is 18.5 Å². The van der Waals surface area contributed by atoms with E-state index in [0.29, 0.717) is 42.1 Å². The first kappa shape index (κ1) is 26.2. The number of aromatic nitrogens is 5. The number of nitrogen functional groups attached to an aromatic ring is 1. The van der Waals surface area contributed by atoms with E-state index < -0.39 is 8.07 Å². The van der Waals surface area contributed by atoms with E-state index in [9.17, 15) is 4.79 Å². The van der Waals surface area contributed by atoms with Crippen molar-refractivity contribution in [3.63, 3.8) is 0 Å². The number of ether oxygens (including phenoxy) is 1. The minimum absolute atomic E-state index is 0.0517. The lowest BCUT2D eigenvalue weighted by Gasteiger charge is -2.42. The zero-order valence-electron chi connectivity index (χ0n) is 22.1. The van der Waals surface area contributed by atoms with Crippen LogP contribution in [0.3, 0.4) is 0 Å². The van der Waals surface area contributed by atoms with Crippen LogP contribution in [0.1, 0.15) is 27.2 Å². The molecule has 12 heteroatoms. The fourth-order valence-corrected chi connectivity index (χ4v) is 5.85. The van der Waals surface area contributed by atoms with Crippen molar-refractivity contribution in [1.29, 1.82) is 0 Å². The molecule has 1 aliphatic rings. The number of hydrogen-bond donors (Lipinski definition) is 1. The Hall–Kier alpha value is -2.83. The molecule has 0 unspecified atom stereocenters. The van der Waals surface area contributed by atoms with Gasteiger partial charge >= 0.3 is 0 Å². The molecule has 2 N–H and O–H groups in total. The summed E-state index contributed by atoms with van der Waals surface area (Å²) in [6.07, 6.45) is 4.14. The van der Waals surface area contributed by atoms with E-state index in [1.165, 1.54) is 11.3 Å². The van der Waals surface area contributed by atoms with Crippen LogP contribution < -0.4 is 15.5 Å². The molecule has 3 aromatic heterocycles. The normalized spacial score (nSPS) is 16.2. The molecule has 3 aromatic rings. The van der Waals surface area contributed by atoms with Crippen LogP contribution in [-0.4, -0.2) is 64.5 Å². The summed E-state index contributed by atoms with van der Waals surface area (Å²) in [5.41, 5.74) is 8.34. The molecule has 36 heavy (non-hydrogen) atoms. The number of likely N-dealkylation sites (N-methyl/N-ethyl adjacent to an activating group) is 1. The summed E-state index contributed by atoms with van der Waals surface area (Å²) in [5, 5.41) is 4.87. The molecule has 1 amide bonds. The number of anilines is 3. The standard InChI is InChI=1S/C24H36N8O2SSi/c1-8-16-23(33)30(4)18-13-26-21(29-22(18)32(16)15(2)3)20-19(28-24(25)35-20)17-9-10-27-31(17)14-34-11-12-36(5,6)7/h9-10,13,15-16H,8,11-12,14H2,1-7H3,(H2,25,28)/t16-/m1/s1. The first-order valence-corrected chi connectivity index (χ1v) is 16.8. The monoisotopic (exact) mass is 528 g/mol. The largest absolute Gasteiger partial charge is 0.375 e. The van der Waals surface area contributed by atoms with Crippen molar-refractivity contribution in [2.75, 3.05) is 29.2 Å². The number of carbonyl (C=O) groups excluding carboxylic acids is 1. The van der Waals surface area contributed by atoms with Crippen LogP contribution >= 0.6 is 11.3 Å². The average Bonchev–Trinajstić information content (AvgIpc) is 3.43. The molecule has 1 aliphatic heterocycles. The quantitative estimate of drug-likeness (QED) is 0.322. The zero-order chi connectivity index (χ0) is 26.2. The molecule has 0 saturated heterocycles. The number of nitrogens with two attached hydrogens (primary N) is 1. The maximum absolute atomic E-state index is 13.0. The molecule has 4 rings (SSSR count). The summed E-state index contributed by atoms with van der Waals surface area (Å²) in [7, 11) is 0.603. The average molecular weight is 529 g/mol. The van der Waals surface area contributed by atoms with Crippen LogP contribution in [0.25, 0.3) is 22.1 Å². The second-order valence-electron chi connectivity index (χ2n) is 10.5. The van der Waals surface area contributed by atoms with Crippen molar-refractivity contribution < 1.29 is 9.53 Å². The van der Waals surface area contributed by atoms with Crippen molar-refractivity contribution in [3.8, 4) is 22.1 Å². The molecule has 0 saturated carbocycles. The zero-order valence-corrected chi connectivity index (χ0v) is 24.0. The Balaban J connectivity index is 1.70. The number of amides is 1. The highest BCUT2D eigenvalue weighted by Crippen LogP contribution is 2.40. The van der Waals surface area contributed by atoms with Crippen molar-refractivity contribution in [2.45, 2.75) is 71.7 Å². The van der Waals surface area contributed by atoms with Crippen LogP contribution in [0.4, 0.5) is 16.6 Å². The Morgan fingerprint density at radius 1 is 1.25 bits per heavy atom. The van der Waals surface area contributed by atoms with Gasteiger partial charge in [-0.3, -0.25) is 4.79 Å². The lowest BCUT2D eigenvalue weighted by Crippen LogP contribution is -2.54. The van der Waals surface area contributed by atoms with Crippen molar-refractivity contribution in [2.24, 2.45) is 0 Å². The summed E-state index contributed by atoms with van der Waals surface area (Å²) < 4.78 is 7.73. The fraction of sp³-hybridized carbons (Fsp3) is 0.542. The number of carbonyl (C=O) groups is 1. The van der Waals surface area contributed by atoms with E-state index in [1.807, 2.05) is 13.0 Å². The van der Waals surface area contributed by atoms with E-state index in [4.69, 9.17) is 15.5 Å². The third kappa shape index (κ3) is 5.16. The number of thiazole rings is 1. The Morgan fingerprint density at radius 3 is 2.67 bits per heavy atom. The molecule has 0 spiro atoms. The smallest absolute Gasteiger partial charge is 0.249 e. The van der Waals surface area contributed by atoms with Gasteiger partial charge in [0, 0.05) is 34.0 Å². The van der Waals surface area contributed by atoms with Crippen LogP contribution in [0.5, 0.6) is 0 Å². The van der Waals surface area contributed by atoms with E-state index >= 15 is 0 Å². The third-order valence-electron chi connectivity index (χ3n) is 6.27. The number of nitrogens with zero attached hydrogens (tertiary/aromatic N) is 7. The maximum Gasteiger partial charge on any atom is 0.249 e. The van der Waals surface area contributed by atoms with Crippen molar-refractivity contribution in [3.05, 3.63) is 18.5 Å². The second kappa shape index (κ2) is 10.3. The molecule has 194 valence electrons. The Bertz CT molecular complexity index is 1240. The van der Waals surface area contributed by atoms with Gasteiger partial charge in [0.15, 0.2) is 16.8 Å². The Kier molecular flexibility index (Phi) is 7.48. The van der Waals surface area contributed by atoms with Gasteiger partial charge in [0.2, 0.25) is 5.91 Å². The molecule has 4 heterocycles. The molecule has 10 nitrogen and oxygen atoms in total. The minimum Gasteiger partial charge on any atom is -0.375 e. The predicted molar refractivity (Wildman–Crippen MR) is 148 cm³/mol. The maximum atomic E-state index is 13.0. The van der Waals surface area contributed by atoms with Gasteiger partial charge in [-0.05, 0) is 32.4 Å². The van der Waals surface area contributed by atoms with Crippen LogP contribution in [0.2, 0.25) is 25.7 Å². The van der Waals surface area contributed by atoms with Gasteiger partial charge in [-0.1, -0.05) is 37.9 Å². The topological polar surface area (TPSA) is 115 Å². The summed E-state index contributed by atoms with van der Waals surface area (Å²) in [6.45, 7) is 14.2. The van der Waals surface area contributed by atoms with Crippen molar-refractivity contribution >= 4 is 42.0 Å². The van der Waals surface area contributed by atoms with Crippen LogP contribution in [0, 0.1) is 0 Å². The van der Waals surface area contributed by atoms with Gasteiger partial charge in [0.05, 0.1) is 11.9 Å². The predicted octanol–water partition coefficient (Wildman–Crippen LogP) is 4.33. The molecular weight excluding hydrogens is 492 g/mol. The summed E-state index contributed by atoms with van der Waals surface area (Å²) in [5.74, 6) is 1.31. The first-order chi connectivity index (χ1) is 17.0. The second-order valence-corrected chi connectivity index (χ2v) is 17.2. The molecule has 0 radical (unpaired) electrons. The van der Waals surface area contributed by atoms with E-state index in [-0.39, 0.29) is 18.0 Å². The van der Waals surface area contributed by atoms with E-state index in [1.54, 1.807) is 29.0 Å². The summed E-state index contributed by atoms with van der Waals surface area (Å²) in [4.78, 5) is 31.7. The molecule has 0 fully saturated rings. The van der Waals surface area contributed by atoms with Gasteiger partial charge in [0.1, 0.15) is 29.0 Å². The Labute approximate surface area is 217 Å². The molecule has 0 aliphatic carbocycles. The number of hydrogen-bond acceptors (Lipinski definition) is 9. The molecular formula is C24H36N8O2SSi. The lowest BCUT2D eigenvalue weighted by atomic mass is 10.1. The summed E-state index contributed by atoms with van der Waals surface area (Å²) in [6, 6.07) is 2.81. The highest BCUT2D eigenvalue weighted by molar-refractivity contribution is 7.19. The number of fused-ring (bicyclic) bond motifs is 1. The summed E-state index contributed by atoms with van der Waals surface area (Å²) >= 11 is 1.34. The van der Waals surface area contributed by atoms with Gasteiger partial charge < -0.3 is 20.3 Å². The van der Waals surface area contributed by atoms with E-state index in [2.05, 4.69) is 53.5 Å². The van der Waals surface area contributed by atoms with Gasteiger partial charge in [-0.25, -0.2) is 19.6 Å². The highest BCUT2D eigenvalue weighted by Gasteiger charge is 2.38. The highest BCUT2D eigenvalue weighted by atomic mass is 32.1. The number of rotatable bonds is 9. The van der Waals surface area contributed by atoms with Gasteiger partial charge in [-0.2, -0.15) is 5.10 Å². The third-order valence-corrected chi connectivity index (χ3v) is 8.85. The molecule has 1 atom stereocenters.